The van der Waals surface area contributed by atoms with Gasteiger partial charge in [0.25, 0.3) is 0 Å². The van der Waals surface area contributed by atoms with Crippen LogP contribution in [0.4, 0.5) is 0 Å². The van der Waals surface area contributed by atoms with Gasteiger partial charge in [0.15, 0.2) is 0 Å². The van der Waals surface area contributed by atoms with Crippen molar-refractivity contribution in [3.05, 3.63) is 113 Å². The van der Waals surface area contributed by atoms with Gasteiger partial charge in [-0.05, 0) is 20.8 Å². The maximum atomic E-state index is 2.44. The molecule has 4 aromatic carbocycles. The molecule has 0 fully saturated rings. The van der Waals surface area contributed by atoms with Gasteiger partial charge < -0.3 is 37.2 Å². The summed E-state index contributed by atoms with van der Waals surface area (Å²) in [5, 5.41) is 5.89. The fraction of sp³-hybridized carbons (Fsp3) is 0.179. The first-order chi connectivity index (χ1) is 13.9. The molecular weight excluding hydrogens is 519 g/mol. The second-order valence-corrected chi connectivity index (χ2v) is 12.3. The van der Waals surface area contributed by atoms with Crippen molar-refractivity contribution in [2.45, 2.75) is 34.6 Å². The van der Waals surface area contributed by atoms with E-state index in [1.54, 1.807) is 0 Å². The Morgan fingerprint density at radius 2 is 0.879 bits per heavy atom. The van der Waals surface area contributed by atoms with Crippen molar-refractivity contribution in [2.75, 3.05) is 0 Å². The minimum Gasteiger partial charge on any atom is -1.00 e. The van der Waals surface area contributed by atoms with E-state index in [1.165, 1.54) is 48.6 Å². The van der Waals surface area contributed by atoms with Gasteiger partial charge >= 0.3 is 21.7 Å². The summed E-state index contributed by atoms with van der Waals surface area (Å²) in [7, 11) is -2.42. The quantitative estimate of drug-likeness (QED) is 0.137. The van der Waals surface area contributed by atoms with E-state index in [4.69, 9.17) is 0 Å². The first kappa shape index (κ1) is 31.8. The molecule has 0 saturated heterocycles. The zero-order valence-corrected chi connectivity index (χ0v) is 24.5. The Balaban J connectivity index is 0.00000256. The van der Waals surface area contributed by atoms with E-state index in [2.05, 4.69) is 120 Å². The minimum atomic E-state index is -2.42. The van der Waals surface area contributed by atoms with Crippen LogP contribution in [-0.2, 0) is 21.7 Å². The van der Waals surface area contributed by atoms with Crippen molar-refractivity contribution < 1.29 is 58.9 Å². The van der Waals surface area contributed by atoms with Gasteiger partial charge in [0, 0.05) is 0 Å². The molecule has 0 aromatic heterocycles. The van der Waals surface area contributed by atoms with Crippen molar-refractivity contribution >= 4 is 28.8 Å². The smallest absolute Gasteiger partial charge is 1.00 e. The predicted octanol–water partition coefficient (Wildman–Crippen LogP) is -4.67. The fourth-order valence-corrected chi connectivity index (χ4v) is 10.2. The molecule has 0 bridgehead atoms. The van der Waals surface area contributed by atoms with Gasteiger partial charge in [-0.2, -0.15) is 11.6 Å². The molecule has 0 heterocycles. The van der Waals surface area contributed by atoms with E-state index >= 15 is 0 Å². The van der Waals surface area contributed by atoms with Crippen molar-refractivity contribution in [1.29, 1.82) is 0 Å². The monoisotopic (exact) mass is 546 g/mol. The second-order valence-electron chi connectivity index (χ2n) is 8.49. The molecule has 4 aromatic rings. The van der Waals surface area contributed by atoms with Crippen LogP contribution in [0.3, 0.4) is 0 Å². The molecule has 0 atom stereocenters. The Labute approximate surface area is 233 Å². The van der Waals surface area contributed by atoms with Gasteiger partial charge in [0.2, 0.25) is 0 Å². The fourth-order valence-electron chi connectivity index (χ4n) is 4.81. The van der Waals surface area contributed by atoms with Crippen LogP contribution in [0.25, 0.3) is 0 Å². The van der Waals surface area contributed by atoms with Crippen molar-refractivity contribution in [3.63, 3.8) is 0 Å². The van der Waals surface area contributed by atoms with Gasteiger partial charge in [-0.1, -0.05) is 119 Å². The summed E-state index contributed by atoms with van der Waals surface area (Å²) in [5.74, 6) is 0. The summed E-state index contributed by atoms with van der Waals surface area (Å²) in [6.07, 6.45) is 0. The summed E-state index contributed by atoms with van der Waals surface area (Å²) in [6.45, 7) is 11.1. The standard InChI is InChI=1S/C28H29Si.3ClH.Ti/c1-20-9-6-12-25(16-20)29(26-13-7-10-21(2)17-26,27-14-8-11-22(3)18-27)28-19-23(4)15-24(28)5;;;;/h6-19H,1-5H3;3*1H;/q-1;;;;+4/p-3. The molecular formula is C28H29Cl3SiTi. The third kappa shape index (κ3) is 6.09. The van der Waals surface area contributed by atoms with Crippen LogP contribution in [0, 0.1) is 34.6 Å². The van der Waals surface area contributed by atoms with Gasteiger partial charge in [-0.25, -0.2) is 11.6 Å². The van der Waals surface area contributed by atoms with Crippen LogP contribution >= 0.6 is 0 Å². The van der Waals surface area contributed by atoms with Crippen LogP contribution in [0.15, 0.2) is 84.9 Å². The average molecular weight is 548 g/mol. The summed E-state index contributed by atoms with van der Waals surface area (Å²) in [6, 6.07) is 32.4. The molecule has 5 heteroatoms. The second kappa shape index (κ2) is 13.0. The number of benzene rings is 3. The Bertz CT molecular complexity index is 1070. The molecule has 0 N–H and O–H groups in total. The average Bonchev–Trinajstić information content (AvgIpc) is 3.01. The molecule has 4 rings (SSSR count). The van der Waals surface area contributed by atoms with Crippen molar-refractivity contribution in [3.8, 4) is 0 Å². The first-order valence-electron chi connectivity index (χ1n) is 10.4. The van der Waals surface area contributed by atoms with Crippen molar-refractivity contribution in [2.24, 2.45) is 0 Å². The normalized spacial score (nSPS) is 10.2. The van der Waals surface area contributed by atoms with Gasteiger partial charge in [0.05, 0.1) is 0 Å². The van der Waals surface area contributed by atoms with Crippen LogP contribution in [0.5, 0.6) is 0 Å². The van der Waals surface area contributed by atoms with E-state index in [1.807, 2.05) is 0 Å². The van der Waals surface area contributed by atoms with Crippen LogP contribution < -0.4 is 58.0 Å². The first-order valence-corrected chi connectivity index (χ1v) is 12.4. The van der Waals surface area contributed by atoms with Gasteiger partial charge in [0.1, 0.15) is 8.07 Å². The zero-order chi connectivity index (χ0) is 20.6. The third-order valence-corrected chi connectivity index (χ3v) is 10.9. The summed E-state index contributed by atoms with van der Waals surface area (Å²) in [4.78, 5) is 0. The van der Waals surface area contributed by atoms with E-state index < -0.39 is 8.07 Å². The molecule has 0 aliphatic heterocycles. The van der Waals surface area contributed by atoms with E-state index in [9.17, 15) is 0 Å². The van der Waals surface area contributed by atoms with E-state index in [-0.39, 0.29) is 58.9 Å². The third-order valence-electron chi connectivity index (χ3n) is 6.00. The molecule has 0 aliphatic rings. The minimum absolute atomic E-state index is 0. The van der Waals surface area contributed by atoms with E-state index in [0.717, 1.165) is 0 Å². The maximum absolute atomic E-state index is 2.44. The molecule has 170 valence electrons. The topological polar surface area (TPSA) is 0 Å². The van der Waals surface area contributed by atoms with Crippen molar-refractivity contribution in [1.82, 2.24) is 0 Å². The van der Waals surface area contributed by atoms with E-state index in [0.29, 0.717) is 0 Å². The molecule has 33 heavy (non-hydrogen) atoms. The number of rotatable bonds is 4. The largest absolute Gasteiger partial charge is 4.00 e. The van der Waals surface area contributed by atoms with Crippen LogP contribution in [0.2, 0.25) is 0 Å². The number of hydrogen-bond donors (Lipinski definition) is 0. The molecule has 0 aliphatic carbocycles. The molecule has 0 nitrogen and oxygen atoms in total. The Kier molecular flexibility index (Phi) is 12.6. The van der Waals surface area contributed by atoms with Gasteiger partial charge in [-0.3, -0.25) is 0 Å². The van der Waals surface area contributed by atoms with Crippen LogP contribution in [-0.4, -0.2) is 8.07 Å². The number of hydrogen-bond acceptors (Lipinski definition) is 0. The molecule has 0 amide bonds. The van der Waals surface area contributed by atoms with Gasteiger partial charge in [-0.15, -0.1) is 5.19 Å². The molecule has 0 unspecified atom stereocenters. The Morgan fingerprint density at radius 3 is 1.15 bits per heavy atom. The predicted molar refractivity (Wildman–Crippen MR) is 129 cm³/mol. The molecule has 0 radical (unpaired) electrons. The summed E-state index contributed by atoms with van der Waals surface area (Å²) < 4.78 is 0. The Hall–Kier alpha value is -1.19. The SMILES string of the molecule is Cc1cccc([Si](c2cccc(C)c2)(c2cccc(C)c2)[c-]2cc(C)cc2C)c1.[Cl-].[Cl-].[Cl-].[Ti+4]. The van der Waals surface area contributed by atoms with Crippen LogP contribution in [0.1, 0.15) is 27.8 Å². The maximum Gasteiger partial charge on any atom is 4.00 e. The summed E-state index contributed by atoms with van der Waals surface area (Å²) >= 11 is 0. The zero-order valence-electron chi connectivity index (χ0n) is 19.7. The molecule has 0 saturated carbocycles. The molecule has 0 spiro atoms. The number of halogens is 3. The number of aryl methyl sites for hydroxylation is 5. The Morgan fingerprint density at radius 1 is 0.515 bits per heavy atom. The summed E-state index contributed by atoms with van der Waals surface area (Å²) in [5.41, 5.74) is 6.71.